The predicted octanol–water partition coefficient (Wildman–Crippen LogP) is 4.17. The van der Waals surface area contributed by atoms with Crippen LogP contribution >= 0.6 is 0 Å². The van der Waals surface area contributed by atoms with Gasteiger partial charge in [0, 0.05) is 42.0 Å². The Balaban J connectivity index is 1.54. The van der Waals surface area contributed by atoms with E-state index in [1.807, 2.05) is 23.1 Å². The number of carbonyl (C=O) groups excluding carboxylic acids is 1. The molecule has 1 amide bonds. The first-order valence-corrected chi connectivity index (χ1v) is 10.9. The topological polar surface area (TPSA) is 76.3 Å². The number of fused-ring (bicyclic) bond motifs is 3. The Kier molecular flexibility index (Phi) is 5.52. The molecule has 3 aromatic heterocycles. The Morgan fingerprint density at radius 2 is 1.73 bits per heavy atom. The number of amides is 1. The molecule has 2 aromatic carbocycles. The molecule has 0 aliphatic carbocycles. The van der Waals surface area contributed by atoms with Crippen molar-refractivity contribution in [3.8, 4) is 0 Å². The number of rotatable bonds is 6. The summed E-state index contributed by atoms with van der Waals surface area (Å²) in [6.45, 7) is 5.15. The SMILES string of the molecule is Cc1cc2cc(CN(CCc3ccccc3)C(=O)c3ccncc3)c3nnnn3c2cc1C. The van der Waals surface area contributed by atoms with Crippen molar-refractivity contribution in [3.05, 3.63) is 101 Å². The van der Waals surface area contributed by atoms with E-state index in [0.29, 0.717) is 24.3 Å². The number of carbonyl (C=O) groups is 1. The fourth-order valence-corrected chi connectivity index (χ4v) is 4.08. The van der Waals surface area contributed by atoms with E-state index in [1.54, 1.807) is 29.0 Å². The highest BCUT2D eigenvalue weighted by atomic mass is 16.2. The van der Waals surface area contributed by atoms with Gasteiger partial charge in [0.1, 0.15) is 0 Å². The summed E-state index contributed by atoms with van der Waals surface area (Å²) >= 11 is 0. The van der Waals surface area contributed by atoms with Crippen LogP contribution in [0, 0.1) is 13.8 Å². The zero-order chi connectivity index (χ0) is 22.8. The minimum Gasteiger partial charge on any atom is -0.334 e. The van der Waals surface area contributed by atoms with Crippen molar-refractivity contribution in [2.24, 2.45) is 0 Å². The second kappa shape index (κ2) is 8.78. The average molecular weight is 437 g/mol. The van der Waals surface area contributed by atoms with Crippen molar-refractivity contribution in [3.63, 3.8) is 0 Å². The van der Waals surface area contributed by atoms with Gasteiger partial charge in [-0.05, 0) is 77.7 Å². The molecule has 0 unspecified atom stereocenters. The first kappa shape index (κ1) is 20.8. The van der Waals surface area contributed by atoms with E-state index < -0.39 is 0 Å². The molecular formula is C26H24N6O. The van der Waals surface area contributed by atoms with Crippen LogP contribution in [0.3, 0.4) is 0 Å². The fraction of sp³-hybridized carbons (Fsp3) is 0.192. The van der Waals surface area contributed by atoms with Crippen molar-refractivity contribution >= 4 is 22.5 Å². The van der Waals surface area contributed by atoms with Crippen LogP contribution in [0.5, 0.6) is 0 Å². The molecule has 0 saturated heterocycles. The van der Waals surface area contributed by atoms with Crippen molar-refractivity contribution in [1.82, 2.24) is 29.9 Å². The third kappa shape index (κ3) is 4.17. The maximum absolute atomic E-state index is 13.4. The van der Waals surface area contributed by atoms with Gasteiger partial charge in [0.25, 0.3) is 5.91 Å². The van der Waals surface area contributed by atoms with Gasteiger partial charge >= 0.3 is 0 Å². The molecule has 0 aliphatic heterocycles. The Morgan fingerprint density at radius 1 is 0.970 bits per heavy atom. The maximum Gasteiger partial charge on any atom is 0.254 e. The number of aryl methyl sites for hydroxylation is 2. The van der Waals surface area contributed by atoms with Crippen molar-refractivity contribution in [2.75, 3.05) is 6.54 Å². The van der Waals surface area contributed by atoms with Gasteiger partial charge in [-0.3, -0.25) is 9.78 Å². The summed E-state index contributed by atoms with van der Waals surface area (Å²) in [4.78, 5) is 19.4. The summed E-state index contributed by atoms with van der Waals surface area (Å²) in [5.74, 6) is -0.0425. The van der Waals surface area contributed by atoms with Crippen LogP contribution in [-0.4, -0.2) is 42.4 Å². The average Bonchev–Trinajstić information content (AvgIpc) is 3.34. The van der Waals surface area contributed by atoms with Crippen LogP contribution in [0.15, 0.2) is 73.1 Å². The number of tetrazole rings is 1. The Hall–Kier alpha value is -4.13. The van der Waals surface area contributed by atoms with Gasteiger partial charge in [-0.25, -0.2) is 0 Å². The third-order valence-corrected chi connectivity index (χ3v) is 6.05. The minimum atomic E-state index is -0.0425. The molecule has 5 aromatic rings. The highest BCUT2D eigenvalue weighted by molar-refractivity contribution is 5.94. The van der Waals surface area contributed by atoms with E-state index in [1.165, 1.54) is 16.7 Å². The van der Waals surface area contributed by atoms with Gasteiger partial charge in [0.05, 0.1) is 5.52 Å². The first-order chi connectivity index (χ1) is 16.1. The van der Waals surface area contributed by atoms with Crippen molar-refractivity contribution < 1.29 is 4.79 Å². The molecule has 3 heterocycles. The van der Waals surface area contributed by atoms with Gasteiger partial charge in [-0.15, -0.1) is 5.10 Å². The van der Waals surface area contributed by atoms with E-state index in [2.05, 4.69) is 64.7 Å². The molecule has 7 heteroatoms. The molecule has 0 radical (unpaired) electrons. The number of nitrogens with zero attached hydrogens (tertiary/aromatic N) is 6. The van der Waals surface area contributed by atoms with Gasteiger partial charge in [0.2, 0.25) is 0 Å². The van der Waals surface area contributed by atoms with Gasteiger partial charge < -0.3 is 4.90 Å². The summed E-state index contributed by atoms with van der Waals surface area (Å²) in [5, 5.41) is 13.5. The number of hydrogen-bond donors (Lipinski definition) is 0. The first-order valence-electron chi connectivity index (χ1n) is 10.9. The monoisotopic (exact) mass is 436 g/mol. The van der Waals surface area contributed by atoms with E-state index >= 15 is 0 Å². The maximum atomic E-state index is 13.4. The Labute approximate surface area is 191 Å². The largest absolute Gasteiger partial charge is 0.334 e. The molecule has 0 spiro atoms. The smallest absolute Gasteiger partial charge is 0.254 e. The summed E-state index contributed by atoms with van der Waals surface area (Å²) < 4.78 is 1.77. The van der Waals surface area contributed by atoms with Crippen molar-refractivity contribution in [2.45, 2.75) is 26.8 Å². The molecule has 0 aliphatic rings. The second-order valence-electron chi connectivity index (χ2n) is 8.28. The lowest BCUT2D eigenvalue weighted by Gasteiger charge is -2.23. The van der Waals surface area contributed by atoms with Crippen LogP contribution in [0.25, 0.3) is 16.6 Å². The molecule has 0 N–H and O–H groups in total. The number of pyridine rings is 2. The second-order valence-corrected chi connectivity index (χ2v) is 8.28. The van der Waals surface area contributed by atoms with E-state index in [0.717, 1.165) is 22.9 Å². The summed E-state index contributed by atoms with van der Waals surface area (Å²) in [6, 6.07) is 20.0. The molecular weight excluding hydrogens is 412 g/mol. The molecule has 0 atom stereocenters. The normalized spacial score (nSPS) is 11.2. The zero-order valence-electron chi connectivity index (χ0n) is 18.6. The summed E-state index contributed by atoms with van der Waals surface area (Å²) in [5.41, 5.74) is 6.71. The zero-order valence-corrected chi connectivity index (χ0v) is 18.6. The minimum absolute atomic E-state index is 0.0425. The molecule has 0 bridgehead atoms. The van der Waals surface area contributed by atoms with Crippen LogP contribution in [0.2, 0.25) is 0 Å². The molecule has 0 saturated carbocycles. The van der Waals surface area contributed by atoms with E-state index in [4.69, 9.17) is 0 Å². The number of aromatic nitrogens is 5. The molecule has 33 heavy (non-hydrogen) atoms. The van der Waals surface area contributed by atoms with Crippen LogP contribution in [0.4, 0.5) is 0 Å². The van der Waals surface area contributed by atoms with Crippen LogP contribution < -0.4 is 0 Å². The highest BCUT2D eigenvalue weighted by Gasteiger charge is 2.20. The fourth-order valence-electron chi connectivity index (χ4n) is 4.08. The van der Waals surface area contributed by atoms with Crippen LogP contribution in [0.1, 0.15) is 32.6 Å². The van der Waals surface area contributed by atoms with Crippen molar-refractivity contribution in [1.29, 1.82) is 0 Å². The standard InChI is InChI=1S/C26H24N6O/c1-18-14-22-16-23(25-28-29-30-32(25)24(22)15-19(18)2)17-31(13-10-20-6-4-3-5-7-20)26(33)21-8-11-27-12-9-21/h3-9,11-12,14-16H,10,13,17H2,1-2H3. The number of hydrogen-bond acceptors (Lipinski definition) is 5. The number of benzene rings is 2. The quantitative estimate of drug-likeness (QED) is 0.399. The lowest BCUT2D eigenvalue weighted by atomic mass is 10.0. The summed E-state index contributed by atoms with van der Waals surface area (Å²) in [6.07, 6.45) is 4.04. The molecule has 7 nitrogen and oxygen atoms in total. The molecule has 5 rings (SSSR count). The van der Waals surface area contributed by atoms with Gasteiger partial charge in [-0.2, -0.15) is 4.52 Å². The van der Waals surface area contributed by atoms with E-state index in [9.17, 15) is 4.79 Å². The van der Waals surface area contributed by atoms with Gasteiger partial charge in [0.15, 0.2) is 5.65 Å². The molecule has 164 valence electrons. The Morgan fingerprint density at radius 3 is 2.52 bits per heavy atom. The Bertz CT molecular complexity index is 1430. The molecule has 0 fully saturated rings. The lowest BCUT2D eigenvalue weighted by molar-refractivity contribution is 0.0745. The van der Waals surface area contributed by atoms with Crippen LogP contribution in [-0.2, 0) is 13.0 Å². The van der Waals surface area contributed by atoms with Gasteiger partial charge in [-0.1, -0.05) is 30.3 Å². The predicted molar refractivity (Wildman–Crippen MR) is 127 cm³/mol. The highest BCUT2D eigenvalue weighted by Crippen LogP contribution is 2.24. The van der Waals surface area contributed by atoms with E-state index in [-0.39, 0.29) is 5.91 Å². The summed E-state index contributed by atoms with van der Waals surface area (Å²) in [7, 11) is 0. The lowest BCUT2D eigenvalue weighted by Crippen LogP contribution is -2.32. The third-order valence-electron chi connectivity index (χ3n) is 6.05.